The molecule has 0 aromatic carbocycles. The number of hydrogen-bond acceptors (Lipinski definition) is 2. The Morgan fingerprint density at radius 3 is 2.53 bits per heavy atom. The number of carbonyl (C=O) groups is 1. The van der Waals surface area contributed by atoms with Gasteiger partial charge in [-0.05, 0) is 37.0 Å². The van der Waals surface area contributed by atoms with Crippen molar-refractivity contribution < 1.29 is 9.53 Å². The minimum absolute atomic E-state index is 0.0668. The van der Waals surface area contributed by atoms with Crippen molar-refractivity contribution in [3.63, 3.8) is 0 Å². The van der Waals surface area contributed by atoms with E-state index in [4.69, 9.17) is 4.74 Å². The molecule has 2 nitrogen and oxygen atoms in total. The van der Waals surface area contributed by atoms with Crippen LogP contribution in [0, 0.1) is 17.3 Å². The lowest BCUT2D eigenvalue weighted by Crippen LogP contribution is -2.43. The lowest BCUT2D eigenvalue weighted by Gasteiger charge is -2.46. The Morgan fingerprint density at radius 1 is 1.47 bits per heavy atom. The van der Waals surface area contributed by atoms with E-state index in [-0.39, 0.29) is 12.1 Å². The van der Waals surface area contributed by atoms with Crippen LogP contribution in [0.4, 0.5) is 0 Å². The Bertz CT molecular complexity index is 304. The number of ether oxygens (including phenoxy) is 1. The summed E-state index contributed by atoms with van der Waals surface area (Å²) in [6.07, 6.45) is 3.32. The van der Waals surface area contributed by atoms with E-state index >= 15 is 0 Å². The summed E-state index contributed by atoms with van der Waals surface area (Å²) >= 11 is 0. The van der Waals surface area contributed by atoms with E-state index in [2.05, 4.69) is 34.3 Å². The molecule has 1 saturated carbocycles. The number of hydrogen-bond donors (Lipinski definition) is 0. The van der Waals surface area contributed by atoms with E-state index in [0.29, 0.717) is 22.8 Å². The maximum atomic E-state index is 11.6. The summed E-state index contributed by atoms with van der Waals surface area (Å²) in [4.78, 5) is 11.6. The fraction of sp³-hybridized carbons (Fsp3) is 0.800. The first-order chi connectivity index (χ1) is 7.79. The van der Waals surface area contributed by atoms with Crippen molar-refractivity contribution >= 4 is 5.97 Å². The molecule has 0 bridgehead atoms. The van der Waals surface area contributed by atoms with E-state index in [0.717, 1.165) is 19.3 Å². The van der Waals surface area contributed by atoms with Gasteiger partial charge < -0.3 is 4.74 Å². The molecule has 0 aromatic heterocycles. The minimum Gasteiger partial charge on any atom is -0.459 e. The van der Waals surface area contributed by atoms with Gasteiger partial charge in [-0.2, -0.15) is 0 Å². The Morgan fingerprint density at radius 2 is 2.06 bits per heavy atom. The first-order valence-electron chi connectivity index (χ1n) is 6.66. The van der Waals surface area contributed by atoms with Crippen molar-refractivity contribution in [2.24, 2.45) is 17.3 Å². The van der Waals surface area contributed by atoms with Crippen molar-refractivity contribution in [3.8, 4) is 0 Å². The molecule has 98 valence electrons. The van der Waals surface area contributed by atoms with Gasteiger partial charge in [-0.15, -0.1) is 0 Å². The van der Waals surface area contributed by atoms with Gasteiger partial charge in [0.05, 0.1) is 0 Å². The van der Waals surface area contributed by atoms with Crippen LogP contribution in [0.2, 0.25) is 0 Å². The molecule has 0 radical (unpaired) electrons. The average Bonchev–Trinajstić information content (AvgIpc) is 2.22. The quantitative estimate of drug-likeness (QED) is 0.549. The van der Waals surface area contributed by atoms with Crippen LogP contribution in [0.1, 0.15) is 53.9 Å². The lowest BCUT2D eigenvalue weighted by molar-refractivity contribution is -0.153. The van der Waals surface area contributed by atoms with Crippen molar-refractivity contribution in [2.75, 3.05) is 0 Å². The van der Waals surface area contributed by atoms with Crippen molar-refractivity contribution in [1.29, 1.82) is 0 Å². The maximum absolute atomic E-state index is 11.6. The highest BCUT2D eigenvalue weighted by Gasteiger charge is 2.42. The molecule has 0 aromatic rings. The second-order valence-electron chi connectivity index (χ2n) is 6.13. The minimum atomic E-state index is -0.239. The zero-order chi connectivity index (χ0) is 13.2. The molecule has 0 spiro atoms. The van der Waals surface area contributed by atoms with Gasteiger partial charge in [0, 0.05) is 5.57 Å². The predicted molar refractivity (Wildman–Crippen MR) is 70.7 cm³/mol. The topological polar surface area (TPSA) is 26.3 Å². The Hall–Kier alpha value is -0.790. The van der Waals surface area contributed by atoms with E-state index in [9.17, 15) is 4.79 Å². The van der Waals surface area contributed by atoms with Gasteiger partial charge in [0.1, 0.15) is 6.10 Å². The number of carbonyl (C=O) groups excluding carboxylic acids is 1. The average molecular weight is 238 g/mol. The third-order valence-electron chi connectivity index (χ3n) is 4.34. The van der Waals surface area contributed by atoms with Crippen LogP contribution in [0.5, 0.6) is 0 Å². The molecule has 3 atom stereocenters. The van der Waals surface area contributed by atoms with Crippen molar-refractivity contribution in [2.45, 2.75) is 60.0 Å². The highest BCUT2D eigenvalue weighted by Crippen LogP contribution is 2.46. The molecule has 0 amide bonds. The maximum Gasteiger partial charge on any atom is 0.333 e. The third-order valence-corrected chi connectivity index (χ3v) is 4.34. The number of rotatable bonds is 3. The lowest BCUT2D eigenvalue weighted by atomic mass is 9.62. The molecule has 17 heavy (non-hydrogen) atoms. The van der Waals surface area contributed by atoms with Gasteiger partial charge in [-0.1, -0.05) is 40.7 Å². The van der Waals surface area contributed by atoms with E-state index in [1.54, 1.807) is 6.92 Å². The molecule has 0 aliphatic heterocycles. The summed E-state index contributed by atoms with van der Waals surface area (Å²) in [6, 6.07) is 0. The van der Waals surface area contributed by atoms with E-state index in [1.165, 1.54) is 0 Å². The summed E-state index contributed by atoms with van der Waals surface area (Å²) < 4.78 is 5.55. The van der Waals surface area contributed by atoms with Gasteiger partial charge >= 0.3 is 5.97 Å². The first kappa shape index (κ1) is 14.3. The highest BCUT2D eigenvalue weighted by atomic mass is 16.5. The highest BCUT2D eigenvalue weighted by molar-refractivity contribution is 5.87. The molecule has 0 saturated heterocycles. The van der Waals surface area contributed by atoms with Crippen LogP contribution >= 0.6 is 0 Å². The van der Waals surface area contributed by atoms with Crippen LogP contribution in [0.25, 0.3) is 0 Å². The Balaban J connectivity index is 2.72. The van der Waals surface area contributed by atoms with Crippen LogP contribution < -0.4 is 0 Å². The van der Waals surface area contributed by atoms with Crippen LogP contribution in [0.15, 0.2) is 12.2 Å². The molecule has 3 unspecified atom stereocenters. The third kappa shape index (κ3) is 3.11. The standard InChI is InChI=1S/C15H26O2/c1-7-12-11(4)13(8-9-15(12,5)6)17-14(16)10(2)3/h11-13H,2,7-9H2,1,3-6H3. The fourth-order valence-electron chi connectivity index (χ4n) is 3.26. The first-order valence-corrected chi connectivity index (χ1v) is 6.66. The van der Waals surface area contributed by atoms with Gasteiger partial charge in [0.15, 0.2) is 0 Å². The summed E-state index contributed by atoms with van der Waals surface area (Å²) in [6.45, 7) is 14.4. The molecule has 1 fully saturated rings. The van der Waals surface area contributed by atoms with Crippen LogP contribution in [-0.4, -0.2) is 12.1 Å². The number of esters is 1. The smallest absolute Gasteiger partial charge is 0.333 e. The Kier molecular flexibility index (Phi) is 4.40. The zero-order valence-corrected chi connectivity index (χ0v) is 11.9. The van der Waals surface area contributed by atoms with Crippen LogP contribution in [0.3, 0.4) is 0 Å². The van der Waals surface area contributed by atoms with Gasteiger partial charge in [0.2, 0.25) is 0 Å². The summed E-state index contributed by atoms with van der Waals surface area (Å²) in [5.74, 6) is 0.822. The monoisotopic (exact) mass is 238 g/mol. The van der Waals surface area contributed by atoms with Gasteiger partial charge in [-0.3, -0.25) is 0 Å². The van der Waals surface area contributed by atoms with Gasteiger partial charge in [0.25, 0.3) is 0 Å². The molecular formula is C15H26O2. The largest absolute Gasteiger partial charge is 0.459 e. The van der Waals surface area contributed by atoms with Gasteiger partial charge in [-0.25, -0.2) is 4.79 Å². The predicted octanol–water partition coefficient (Wildman–Crippen LogP) is 3.96. The molecule has 1 aliphatic rings. The van der Waals surface area contributed by atoms with E-state index in [1.807, 2.05) is 0 Å². The fourth-order valence-corrected chi connectivity index (χ4v) is 3.26. The molecule has 1 aliphatic carbocycles. The normalized spacial score (nSPS) is 31.9. The molecule has 1 rings (SSSR count). The summed E-state index contributed by atoms with van der Waals surface area (Å²) in [5.41, 5.74) is 0.857. The molecule has 0 N–H and O–H groups in total. The molecule has 2 heteroatoms. The summed E-state index contributed by atoms with van der Waals surface area (Å²) in [7, 11) is 0. The SMILES string of the molecule is C=C(C)C(=O)OC1CCC(C)(C)C(CC)C1C. The molecular weight excluding hydrogens is 212 g/mol. The van der Waals surface area contributed by atoms with Crippen LogP contribution in [-0.2, 0) is 9.53 Å². The Labute approximate surface area is 105 Å². The molecule has 0 heterocycles. The van der Waals surface area contributed by atoms with E-state index < -0.39 is 0 Å². The zero-order valence-electron chi connectivity index (χ0n) is 11.9. The van der Waals surface area contributed by atoms with Crippen molar-refractivity contribution in [3.05, 3.63) is 12.2 Å². The second-order valence-corrected chi connectivity index (χ2v) is 6.13. The summed E-state index contributed by atoms with van der Waals surface area (Å²) in [5, 5.41) is 0. The second kappa shape index (κ2) is 5.24. The van der Waals surface area contributed by atoms with Crippen molar-refractivity contribution in [1.82, 2.24) is 0 Å².